The molecule has 2 nitrogen and oxygen atoms in total. The molecule has 5 heteroatoms. The molecule has 1 aliphatic rings. The van der Waals surface area contributed by atoms with Gasteiger partial charge in [0.1, 0.15) is 0 Å². The average molecular weight is 192 g/mol. The Morgan fingerprint density at radius 2 is 2.08 bits per heavy atom. The smallest absolute Gasteiger partial charge is 0.293 e. The molecule has 1 N–H and O–H groups in total. The van der Waals surface area contributed by atoms with Gasteiger partial charge in [-0.2, -0.15) is 18.4 Å². The Morgan fingerprint density at radius 3 is 2.38 bits per heavy atom. The van der Waals surface area contributed by atoms with Gasteiger partial charge in [-0.25, -0.2) is 0 Å². The summed E-state index contributed by atoms with van der Waals surface area (Å²) in [5.41, 5.74) is 0. The zero-order valence-electron chi connectivity index (χ0n) is 7.06. The van der Waals surface area contributed by atoms with Crippen molar-refractivity contribution in [2.75, 3.05) is 6.54 Å². The molecule has 1 unspecified atom stereocenters. The minimum absolute atomic E-state index is 0.118. The van der Waals surface area contributed by atoms with Crippen LogP contribution in [0.3, 0.4) is 0 Å². The number of alkyl halides is 3. The molecule has 13 heavy (non-hydrogen) atoms. The molecule has 0 radical (unpaired) electrons. The van der Waals surface area contributed by atoms with Crippen LogP contribution in [0.15, 0.2) is 0 Å². The molecule has 1 aliphatic carbocycles. The first kappa shape index (κ1) is 10.3. The Bertz CT molecular complexity index is 202. The highest BCUT2D eigenvalue weighted by molar-refractivity contribution is 4.98. The third-order valence-corrected chi connectivity index (χ3v) is 2.28. The Kier molecular flexibility index (Phi) is 3.15. The maximum atomic E-state index is 11.8. The average Bonchev–Trinajstić information content (AvgIpc) is 1.91. The van der Waals surface area contributed by atoms with Crippen molar-refractivity contribution in [3.63, 3.8) is 0 Å². The van der Waals surface area contributed by atoms with E-state index >= 15 is 0 Å². The lowest BCUT2D eigenvalue weighted by atomic mass is 9.80. The van der Waals surface area contributed by atoms with Crippen molar-refractivity contribution >= 4 is 0 Å². The minimum atomic E-state index is -4.22. The van der Waals surface area contributed by atoms with Crippen molar-refractivity contribution in [1.82, 2.24) is 5.32 Å². The second kappa shape index (κ2) is 3.97. The van der Waals surface area contributed by atoms with Gasteiger partial charge >= 0.3 is 6.18 Å². The van der Waals surface area contributed by atoms with Gasteiger partial charge in [0.15, 0.2) is 0 Å². The van der Waals surface area contributed by atoms with Crippen molar-refractivity contribution in [2.24, 2.45) is 5.92 Å². The van der Waals surface area contributed by atoms with Crippen LogP contribution in [0, 0.1) is 17.2 Å². The van der Waals surface area contributed by atoms with Gasteiger partial charge in [-0.05, 0) is 18.8 Å². The molecule has 1 fully saturated rings. The van der Waals surface area contributed by atoms with Gasteiger partial charge in [-0.15, -0.1) is 0 Å². The number of nitrogens with one attached hydrogen (secondary N) is 1. The molecule has 0 aromatic heterocycles. The number of hydrogen-bond donors (Lipinski definition) is 1. The quantitative estimate of drug-likeness (QED) is 0.740. The summed E-state index contributed by atoms with van der Waals surface area (Å²) in [6, 6.07) is 1.24. The first-order valence-electron chi connectivity index (χ1n) is 4.22. The fraction of sp³-hybridized carbons (Fsp3) is 0.875. The third kappa shape index (κ3) is 3.23. The molecule has 0 saturated heterocycles. The highest BCUT2D eigenvalue weighted by Crippen LogP contribution is 2.29. The monoisotopic (exact) mass is 192 g/mol. The SMILES string of the molecule is N#CC(NCC(F)(F)F)C1CCC1. The predicted molar refractivity (Wildman–Crippen MR) is 40.8 cm³/mol. The minimum Gasteiger partial charge on any atom is -0.293 e. The first-order valence-corrected chi connectivity index (χ1v) is 4.22. The van der Waals surface area contributed by atoms with Crippen LogP contribution in [0.4, 0.5) is 13.2 Å². The largest absolute Gasteiger partial charge is 0.401 e. The maximum Gasteiger partial charge on any atom is 0.401 e. The van der Waals surface area contributed by atoms with E-state index in [9.17, 15) is 13.2 Å². The molecule has 0 bridgehead atoms. The Balaban J connectivity index is 2.29. The molecule has 0 aromatic rings. The standard InChI is InChI=1S/C8H11F3N2/c9-8(10,11)5-13-7(4-12)6-2-1-3-6/h6-7,13H,1-3,5H2. The molecule has 1 saturated carbocycles. The van der Waals surface area contributed by atoms with E-state index in [0.29, 0.717) is 0 Å². The number of halogens is 3. The van der Waals surface area contributed by atoms with Crippen LogP contribution in [0.1, 0.15) is 19.3 Å². The van der Waals surface area contributed by atoms with Crippen LogP contribution in [0.2, 0.25) is 0 Å². The second-order valence-electron chi connectivity index (χ2n) is 3.29. The Morgan fingerprint density at radius 1 is 1.46 bits per heavy atom. The molecule has 1 atom stereocenters. The zero-order valence-corrected chi connectivity index (χ0v) is 7.06. The molecular formula is C8H11F3N2. The molecule has 1 rings (SSSR count). The first-order chi connectivity index (χ1) is 6.03. The summed E-state index contributed by atoms with van der Waals surface area (Å²) in [5, 5.41) is 10.8. The molecular weight excluding hydrogens is 181 g/mol. The van der Waals surface area contributed by atoms with Gasteiger partial charge in [-0.1, -0.05) is 6.42 Å². The van der Waals surface area contributed by atoms with E-state index in [2.05, 4.69) is 5.32 Å². The van der Waals surface area contributed by atoms with Crippen LogP contribution >= 0.6 is 0 Å². The van der Waals surface area contributed by atoms with Crippen molar-refractivity contribution < 1.29 is 13.2 Å². The van der Waals surface area contributed by atoms with Gasteiger partial charge in [0.2, 0.25) is 0 Å². The lowest BCUT2D eigenvalue weighted by Crippen LogP contribution is -2.42. The Hall–Kier alpha value is -0.760. The van der Waals surface area contributed by atoms with Crippen LogP contribution < -0.4 is 5.32 Å². The Labute approximate surface area is 74.7 Å². The summed E-state index contributed by atoms with van der Waals surface area (Å²) in [6.45, 7) is -1.07. The number of nitrogens with zero attached hydrogens (tertiary/aromatic N) is 1. The predicted octanol–water partition coefficient (Wildman–Crippen LogP) is 1.83. The van der Waals surface area contributed by atoms with E-state index in [4.69, 9.17) is 5.26 Å². The lowest BCUT2D eigenvalue weighted by molar-refractivity contribution is -0.126. The molecule has 0 spiro atoms. The van der Waals surface area contributed by atoms with Crippen LogP contribution in [-0.4, -0.2) is 18.8 Å². The van der Waals surface area contributed by atoms with Gasteiger partial charge in [0, 0.05) is 0 Å². The van der Waals surface area contributed by atoms with Gasteiger partial charge < -0.3 is 0 Å². The van der Waals surface area contributed by atoms with Crippen LogP contribution in [0.5, 0.6) is 0 Å². The maximum absolute atomic E-state index is 11.8. The van der Waals surface area contributed by atoms with E-state index in [1.165, 1.54) is 0 Å². The van der Waals surface area contributed by atoms with E-state index in [1.54, 1.807) is 0 Å². The van der Waals surface area contributed by atoms with E-state index in [1.807, 2.05) is 6.07 Å². The van der Waals surface area contributed by atoms with E-state index in [0.717, 1.165) is 19.3 Å². The summed E-state index contributed by atoms with van der Waals surface area (Å²) in [5.74, 6) is 0.118. The van der Waals surface area contributed by atoms with Crippen molar-refractivity contribution in [3.8, 4) is 6.07 Å². The zero-order chi connectivity index (χ0) is 9.90. The number of rotatable bonds is 3. The molecule has 0 aromatic carbocycles. The van der Waals surface area contributed by atoms with Crippen molar-refractivity contribution in [1.29, 1.82) is 5.26 Å². The van der Waals surface area contributed by atoms with E-state index in [-0.39, 0.29) is 5.92 Å². The normalized spacial score (nSPS) is 20.5. The topological polar surface area (TPSA) is 35.8 Å². The van der Waals surface area contributed by atoms with Gasteiger partial charge in [0.25, 0.3) is 0 Å². The summed E-state index contributed by atoms with van der Waals surface area (Å²) in [4.78, 5) is 0. The van der Waals surface area contributed by atoms with Crippen LogP contribution in [0.25, 0.3) is 0 Å². The highest BCUT2D eigenvalue weighted by atomic mass is 19.4. The summed E-state index contributed by atoms with van der Waals surface area (Å²) in [7, 11) is 0. The fourth-order valence-electron chi connectivity index (χ4n) is 1.32. The molecule has 74 valence electrons. The molecule has 0 amide bonds. The third-order valence-electron chi connectivity index (χ3n) is 2.28. The summed E-state index contributed by atoms with van der Waals surface area (Å²) in [6.07, 6.45) is -1.47. The van der Waals surface area contributed by atoms with Gasteiger partial charge in [0.05, 0.1) is 18.7 Å². The number of hydrogen-bond acceptors (Lipinski definition) is 2. The van der Waals surface area contributed by atoms with E-state index < -0.39 is 18.8 Å². The molecule has 0 aliphatic heterocycles. The second-order valence-corrected chi connectivity index (χ2v) is 3.29. The summed E-state index contributed by atoms with van der Waals surface area (Å²) >= 11 is 0. The van der Waals surface area contributed by atoms with Crippen LogP contribution in [-0.2, 0) is 0 Å². The molecule has 0 heterocycles. The highest BCUT2D eigenvalue weighted by Gasteiger charge is 2.32. The van der Waals surface area contributed by atoms with Gasteiger partial charge in [-0.3, -0.25) is 5.32 Å². The lowest BCUT2D eigenvalue weighted by Gasteiger charge is -2.30. The fourth-order valence-corrected chi connectivity index (χ4v) is 1.32. The van der Waals surface area contributed by atoms with Crippen molar-refractivity contribution in [2.45, 2.75) is 31.5 Å². The summed E-state index contributed by atoms with van der Waals surface area (Å²) < 4.78 is 35.3. The number of nitriles is 1. The van der Waals surface area contributed by atoms with Crippen molar-refractivity contribution in [3.05, 3.63) is 0 Å².